The molecular formula is C14H11N3O2. The summed E-state index contributed by atoms with van der Waals surface area (Å²) in [7, 11) is 1.71. The average Bonchev–Trinajstić information content (AvgIpc) is 2.85. The first-order valence-electron chi connectivity index (χ1n) is 5.66. The monoisotopic (exact) mass is 253 g/mol. The summed E-state index contributed by atoms with van der Waals surface area (Å²) in [5.41, 5.74) is 1.18. The van der Waals surface area contributed by atoms with E-state index in [9.17, 15) is 9.59 Å². The van der Waals surface area contributed by atoms with E-state index in [1.165, 1.54) is 4.68 Å². The molecule has 0 saturated heterocycles. The smallest absolute Gasteiger partial charge is 0.190 e. The Morgan fingerprint density at radius 2 is 1.89 bits per heavy atom. The predicted molar refractivity (Wildman–Crippen MR) is 67.6 cm³/mol. The van der Waals surface area contributed by atoms with Gasteiger partial charge in [-0.1, -0.05) is 12.1 Å². The predicted octanol–water partition coefficient (Wildman–Crippen LogP) is 1.75. The van der Waals surface area contributed by atoms with E-state index in [1.807, 2.05) is 6.07 Å². The zero-order valence-corrected chi connectivity index (χ0v) is 10.3. The highest BCUT2D eigenvalue weighted by molar-refractivity contribution is 6.12. The van der Waals surface area contributed by atoms with Crippen LogP contribution in [-0.4, -0.2) is 21.3 Å². The van der Waals surface area contributed by atoms with Crippen LogP contribution in [0.4, 0.5) is 0 Å². The van der Waals surface area contributed by atoms with Crippen LogP contribution in [0.5, 0.6) is 0 Å². The molecule has 0 amide bonds. The molecule has 2 rings (SSSR count). The van der Waals surface area contributed by atoms with Gasteiger partial charge < -0.3 is 0 Å². The molecule has 1 aromatic carbocycles. The molecule has 0 aliphatic rings. The quantitative estimate of drug-likeness (QED) is 0.614. The van der Waals surface area contributed by atoms with Crippen LogP contribution in [0.1, 0.15) is 32.8 Å². The number of benzene rings is 1. The third kappa shape index (κ3) is 2.93. The molecule has 0 aliphatic heterocycles. The van der Waals surface area contributed by atoms with Gasteiger partial charge in [-0.25, -0.2) is 0 Å². The molecule has 0 radical (unpaired) electrons. The second-order valence-electron chi connectivity index (χ2n) is 4.09. The molecule has 0 N–H and O–H groups in total. The van der Waals surface area contributed by atoms with Crippen LogP contribution >= 0.6 is 0 Å². The van der Waals surface area contributed by atoms with Gasteiger partial charge in [-0.05, 0) is 18.2 Å². The number of carbonyl (C=O) groups is 2. The Balaban J connectivity index is 2.08. The minimum Gasteiger partial charge on any atom is -0.294 e. The number of ketones is 2. The fourth-order valence-corrected chi connectivity index (χ4v) is 1.63. The molecule has 19 heavy (non-hydrogen) atoms. The van der Waals surface area contributed by atoms with Crippen LogP contribution in [-0.2, 0) is 7.05 Å². The average molecular weight is 253 g/mol. The van der Waals surface area contributed by atoms with Crippen LogP contribution in [0.2, 0.25) is 0 Å². The van der Waals surface area contributed by atoms with Crippen molar-refractivity contribution in [3.63, 3.8) is 0 Å². The minimum absolute atomic E-state index is 0.219. The van der Waals surface area contributed by atoms with Crippen LogP contribution in [0.3, 0.4) is 0 Å². The standard InChI is InChI=1S/C14H11N3O2/c1-17-7-6-12(16-17)14(19)8-13(18)11-4-2-10(9-15)3-5-11/h2-7H,8H2,1H3. The first-order chi connectivity index (χ1) is 9.10. The van der Waals surface area contributed by atoms with Crippen LogP contribution in [0, 0.1) is 11.3 Å². The van der Waals surface area contributed by atoms with Gasteiger partial charge in [0.2, 0.25) is 0 Å². The second kappa shape index (κ2) is 5.27. The van der Waals surface area contributed by atoms with Crippen LogP contribution in [0.25, 0.3) is 0 Å². The highest BCUT2D eigenvalue weighted by Crippen LogP contribution is 2.09. The Hall–Kier alpha value is -2.74. The van der Waals surface area contributed by atoms with E-state index in [-0.39, 0.29) is 23.7 Å². The Labute approximate surface area is 110 Å². The number of hydrogen-bond acceptors (Lipinski definition) is 4. The van der Waals surface area contributed by atoms with Gasteiger partial charge in [0.25, 0.3) is 0 Å². The summed E-state index contributed by atoms with van der Waals surface area (Å²) in [4.78, 5) is 23.7. The highest BCUT2D eigenvalue weighted by Gasteiger charge is 2.15. The number of aromatic nitrogens is 2. The van der Waals surface area contributed by atoms with Gasteiger partial charge in [0.15, 0.2) is 11.6 Å². The van der Waals surface area contributed by atoms with E-state index in [0.29, 0.717) is 11.1 Å². The van der Waals surface area contributed by atoms with Crippen LogP contribution < -0.4 is 0 Å². The molecule has 0 unspecified atom stereocenters. The SMILES string of the molecule is Cn1ccc(C(=O)CC(=O)c2ccc(C#N)cc2)n1. The highest BCUT2D eigenvalue weighted by atomic mass is 16.1. The lowest BCUT2D eigenvalue weighted by atomic mass is 10.0. The summed E-state index contributed by atoms with van der Waals surface area (Å²) in [5, 5.41) is 12.6. The fourth-order valence-electron chi connectivity index (χ4n) is 1.63. The summed E-state index contributed by atoms with van der Waals surface area (Å²) >= 11 is 0. The van der Waals surface area contributed by atoms with Gasteiger partial charge >= 0.3 is 0 Å². The first kappa shape index (κ1) is 12.7. The molecule has 94 valence electrons. The van der Waals surface area contributed by atoms with Crippen molar-refractivity contribution in [1.29, 1.82) is 5.26 Å². The Bertz CT molecular complexity index is 663. The zero-order chi connectivity index (χ0) is 13.8. The summed E-state index contributed by atoms with van der Waals surface area (Å²) in [5.74, 6) is -0.588. The molecule has 0 spiro atoms. The van der Waals surface area contributed by atoms with Gasteiger partial charge in [0.1, 0.15) is 5.69 Å². The van der Waals surface area contributed by atoms with Gasteiger partial charge in [0.05, 0.1) is 18.1 Å². The summed E-state index contributed by atoms with van der Waals surface area (Å²) in [6, 6.07) is 9.75. The molecule has 5 heteroatoms. The maximum atomic E-state index is 11.9. The summed E-state index contributed by atoms with van der Waals surface area (Å²) in [6.07, 6.45) is 1.43. The number of hydrogen-bond donors (Lipinski definition) is 0. The van der Waals surface area contributed by atoms with Crippen molar-refractivity contribution in [1.82, 2.24) is 9.78 Å². The maximum absolute atomic E-state index is 11.9. The lowest BCUT2D eigenvalue weighted by molar-refractivity contribution is 0.0891. The van der Waals surface area contributed by atoms with Crippen molar-refractivity contribution in [2.75, 3.05) is 0 Å². The molecule has 1 heterocycles. The second-order valence-corrected chi connectivity index (χ2v) is 4.09. The molecule has 0 saturated carbocycles. The zero-order valence-electron chi connectivity index (χ0n) is 10.3. The molecule has 1 aromatic heterocycles. The van der Waals surface area contributed by atoms with E-state index in [4.69, 9.17) is 5.26 Å². The summed E-state index contributed by atoms with van der Waals surface area (Å²) in [6.45, 7) is 0. The number of aryl methyl sites for hydroxylation is 1. The van der Waals surface area contributed by atoms with Crippen molar-refractivity contribution in [3.05, 3.63) is 53.3 Å². The van der Waals surface area contributed by atoms with Gasteiger partial charge in [0, 0.05) is 18.8 Å². The van der Waals surface area contributed by atoms with Gasteiger partial charge in [-0.3, -0.25) is 14.3 Å². The Morgan fingerprint density at radius 3 is 2.42 bits per heavy atom. The van der Waals surface area contributed by atoms with E-state index in [1.54, 1.807) is 43.6 Å². The third-order valence-electron chi connectivity index (χ3n) is 2.66. The number of Topliss-reactive ketones (excluding diaryl/α,β-unsaturated/α-hetero) is 2. The van der Waals surface area contributed by atoms with Crippen molar-refractivity contribution < 1.29 is 9.59 Å². The lowest BCUT2D eigenvalue weighted by Crippen LogP contribution is -2.09. The molecular weight excluding hydrogens is 242 g/mol. The topological polar surface area (TPSA) is 75.8 Å². The fraction of sp³-hybridized carbons (Fsp3) is 0.143. The molecule has 0 bridgehead atoms. The number of carbonyl (C=O) groups excluding carboxylic acids is 2. The number of nitrogens with zero attached hydrogens (tertiary/aromatic N) is 3. The van der Waals surface area contributed by atoms with E-state index in [0.717, 1.165) is 0 Å². The number of nitriles is 1. The van der Waals surface area contributed by atoms with E-state index >= 15 is 0 Å². The van der Waals surface area contributed by atoms with Crippen LogP contribution in [0.15, 0.2) is 36.5 Å². The normalized spacial score (nSPS) is 9.89. The van der Waals surface area contributed by atoms with Gasteiger partial charge in [-0.15, -0.1) is 0 Å². The van der Waals surface area contributed by atoms with Crippen molar-refractivity contribution in [2.24, 2.45) is 7.05 Å². The summed E-state index contributed by atoms with van der Waals surface area (Å²) < 4.78 is 1.51. The van der Waals surface area contributed by atoms with Gasteiger partial charge in [-0.2, -0.15) is 10.4 Å². The molecule has 0 fully saturated rings. The van der Waals surface area contributed by atoms with Crippen molar-refractivity contribution in [2.45, 2.75) is 6.42 Å². The number of rotatable bonds is 4. The van der Waals surface area contributed by atoms with Crippen molar-refractivity contribution >= 4 is 11.6 Å². The van der Waals surface area contributed by atoms with E-state index in [2.05, 4.69) is 5.10 Å². The molecule has 2 aromatic rings. The molecule has 0 aliphatic carbocycles. The first-order valence-corrected chi connectivity index (χ1v) is 5.66. The minimum atomic E-state index is -0.310. The lowest BCUT2D eigenvalue weighted by Gasteiger charge is -1.99. The maximum Gasteiger partial charge on any atom is 0.190 e. The molecule has 5 nitrogen and oxygen atoms in total. The van der Waals surface area contributed by atoms with Crippen molar-refractivity contribution in [3.8, 4) is 6.07 Å². The largest absolute Gasteiger partial charge is 0.294 e. The third-order valence-corrected chi connectivity index (χ3v) is 2.66. The van der Waals surface area contributed by atoms with E-state index < -0.39 is 0 Å². The Kier molecular flexibility index (Phi) is 3.53. The molecule has 0 atom stereocenters. The Morgan fingerprint density at radius 1 is 1.21 bits per heavy atom.